The minimum absolute atomic E-state index is 0.00109. The summed E-state index contributed by atoms with van der Waals surface area (Å²) in [5.41, 5.74) is 6.30. The molecule has 0 saturated heterocycles. The summed E-state index contributed by atoms with van der Waals surface area (Å²) in [6.07, 6.45) is 0. The molecule has 0 fully saturated rings. The van der Waals surface area contributed by atoms with Gasteiger partial charge < -0.3 is 10.5 Å². The molecule has 0 spiro atoms. The van der Waals surface area contributed by atoms with Gasteiger partial charge in [-0.25, -0.2) is 8.78 Å². The van der Waals surface area contributed by atoms with Crippen molar-refractivity contribution in [3.05, 3.63) is 41.6 Å². The summed E-state index contributed by atoms with van der Waals surface area (Å²) in [5, 5.41) is 4.04. The summed E-state index contributed by atoms with van der Waals surface area (Å²) in [6.45, 7) is 2.68. The van der Waals surface area contributed by atoms with E-state index in [1.807, 2.05) is 6.92 Å². The Kier molecular flexibility index (Phi) is 3.45. The van der Waals surface area contributed by atoms with E-state index >= 15 is 0 Å². The van der Waals surface area contributed by atoms with Crippen LogP contribution >= 0.6 is 0 Å². The molecule has 0 unspecified atom stereocenters. The molecule has 4 nitrogen and oxygen atoms in total. The van der Waals surface area contributed by atoms with Gasteiger partial charge in [0.2, 0.25) is 0 Å². The molecule has 0 saturated carbocycles. The van der Waals surface area contributed by atoms with Crippen LogP contribution in [0.2, 0.25) is 0 Å². The second kappa shape index (κ2) is 5.03. The molecule has 0 aliphatic heterocycles. The lowest BCUT2D eigenvalue weighted by Gasteiger charge is -2.08. The zero-order valence-corrected chi connectivity index (χ0v) is 9.86. The first-order chi connectivity index (χ1) is 8.60. The molecule has 1 heterocycles. The number of nitrogen functional groups attached to an aromatic ring is 1. The Morgan fingerprint density at radius 2 is 2.11 bits per heavy atom. The third-order valence-electron chi connectivity index (χ3n) is 2.45. The predicted molar refractivity (Wildman–Crippen MR) is 63.0 cm³/mol. The van der Waals surface area contributed by atoms with Gasteiger partial charge in [-0.05, 0) is 19.1 Å². The summed E-state index contributed by atoms with van der Waals surface area (Å²) < 4.78 is 33.0. The van der Waals surface area contributed by atoms with Crippen molar-refractivity contribution in [3.63, 3.8) is 0 Å². The average molecular weight is 253 g/mol. The Morgan fingerprint density at radius 3 is 2.78 bits per heavy atom. The van der Waals surface area contributed by atoms with Gasteiger partial charge in [-0.3, -0.25) is 4.68 Å². The molecule has 0 atom stereocenters. The van der Waals surface area contributed by atoms with Gasteiger partial charge in [-0.15, -0.1) is 0 Å². The fraction of sp³-hybridized carbons (Fsp3) is 0.250. The van der Waals surface area contributed by atoms with Crippen molar-refractivity contribution in [2.45, 2.75) is 20.1 Å². The van der Waals surface area contributed by atoms with Crippen LogP contribution in [0.4, 0.5) is 14.6 Å². The number of ether oxygens (including phenoxy) is 1. The van der Waals surface area contributed by atoms with Crippen molar-refractivity contribution in [1.82, 2.24) is 9.78 Å². The maximum Gasteiger partial charge on any atom is 0.167 e. The third-order valence-corrected chi connectivity index (χ3v) is 2.45. The molecular formula is C12H13F2N3O. The van der Waals surface area contributed by atoms with Crippen LogP contribution in [-0.2, 0) is 13.2 Å². The first-order valence-electron chi connectivity index (χ1n) is 5.50. The molecule has 2 aromatic rings. The Hall–Kier alpha value is -2.11. The van der Waals surface area contributed by atoms with E-state index in [0.29, 0.717) is 12.4 Å². The van der Waals surface area contributed by atoms with E-state index in [1.54, 1.807) is 10.7 Å². The van der Waals surface area contributed by atoms with Gasteiger partial charge in [0.05, 0.1) is 5.69 Å². The van der Waals surface area contributed by atoms with E-state index in [9.17, 15) is 8.78 Å². The fourth-order valence-electron chi connectivity index (χ4n) is 1.61. The lowest BCUT2D eigenvalue weighted by atomic mass is 10.3. The third kappa shape index (κ3) is 2.58. The zero-order chi connectivity index (χ0) is 13.1. The average Bonchev–Trinajstić information content (AvgIpc) is 2.68. The minimum atomic E-state index is -0.731. The minimum Gasteiger partial charge on any atom is -0.484 e. The number of halogens is 2. The maximum absolute atomic E-state index is 13.3. The van der Waals surface area contributed by atoms with E-state index in [0.717, 1.165) is 17.8 Å². The summed E-state index contributed by atoms with van der Waals surface area (Å²) >= 11 is 0. The van der Waals surface area contributed by atoms with E-state index < -0.39 is 11.6 Å². The van der Waals surface area contributed by atoms with Crippen molar-refractivity contribution in [1.29, 1.82) is 0 Å². The van der Waals surface area contributed by atoms with Crippen molar-refractivity contribution in [2.24, 2.45) is 0 Å². The molecule has 0 bridgehead atoms. The SMILES string of the molecule is CCn1nc(N)cc1COc1ccc(F)cc1F. The lowest BCUT2D eigenvalue weighted by molar-refractivity contribution is 0.277. The van der Waals surface area contributed by atoms with Crippen LogP contribution in [0, 0.1) is 11.6 Å². The molecule has 1 aromatic heterocycles. The van der Waals surface area contributed by atoms with Crippen molar-refractivity contribution < 1.29 is 13.5 Å². The Bertz CT molecular complexity index is 554. The molecule has 0 aliphatic rings. The summed E-state index contributed by atoms with van der Waals surface area (Å²) in [7, 11) is 0. The topological polar surface area (TPSA) is 53.1 Å². The smallest absolute Gasteiger partial charge is 0.167 e. The Balaban J connectivity index is 2.11. The summed E-state index contributed by atoms with van der Waals surface area (Å²) in [4.78, 5) is 0. The van der Waals surface area contributed by atoms with Crippen molar-refractivity contribution in [3.8, 4) is 5.75 Å². The first kappa shape index (κ1) is 12.3. The number of nitrogens with two attached hydrogens (primary N) is 1. The molecular weight excluding hydrogens is 240 g/mol. The molecule has 18 heavy (non-hydrogen) atoms. The van der Waals surface area contributed by atoms with Gasteiger partial charge >= 0.3 is 0 Å². The highest BCUT2D eigenvalue weighted by Gasteiger charge is 2.08. The number of rotatable bonds is 4. The first-order valence-corrected chi connectivity index (χ1v) is 5.50. The predicted octanol–water partition coefficient (Wildman–Crippen LogP) is 2.34. The van der Waals surface area contributed by atoms with Crippen LogP contribution in [0.1, 0.15) is 12.6 Å². The Labute approximate surface area is 103 Å². The summed E-state index contributed by atoms with van der Waals surface area (Å²) in [6, 6.07) is 4.83. The lowest BCUT2D eigenvalue weighted by Crippen LogP contribution is -2.06. The van der Waals surface area contributed by atoms with Gasteiger partial charge in [0.15, 0.2) is 11.6 Å². The summed E-state index contributed by atoms with van der Waals surface area (Å²) in [5.74, 6) is -0.984. The number of nitrogens with zero attached hydrogens (tertiary/aromatic N) is 2. The number of hydrogen-bond acceptors (Lipinski definition) is 3. The molecule has 1 aromatic carbocycles. The zero-order valence-electron chi connectivity index (χ0n) is 9.86. The fourth-order valence-corrected chi connectivity index (χ4v) is 1.61. The second-order valence-corrected chi connectivity index (χ2v) is 3.74. The number of benzene rings is 1. The number of anilines is 1. The van der Waals surface area contributed by atoms with Gasteiger partial charge in [0, 0.05) is 18.7 Å². The second-order valence-electron chi connectivity index (χ2n) is 3.74. The number of hydrogen-bond donors (Lipinski definition) is 1. The molecule has 2 rings (SSSR count). The number of aromatic nitrogens is 2. The molecule has 6 heteroatoms. The van der Waals surface area contributed by atoms with Gasteiger partial charge in [-0.2, -0.15) is 5.10 Å². The van der Waals surface area contributed by atoms with Crippen LogP contribution in [0.15, 0.2) is 24.3 Å². The van der Waals surface area contributed by atoms with Crippen LogP contribution in [-0.4, -0.2) is 9.78 Å². The van der Waals surface area contributed by atoms with Crippen LogP contribution in [0.25, 0.3) is 0 Å². The monoisotopic (exact) mass is 253 g/mol. The highest BCUT2D eigenvalue weighted by molar-refractivity contribution is 5.30. The van der Waals surface area contributed by atoms with E-state index in [2.05, 4.69) is 5.10 Å². The normalized spacial score (nSPS) is 10.6. The molecule has 0 amide bonds. The van der Waals surface area contributed by atoms with Gasteiger partial charge in [0.25, 0.3) is 0 Å². The Morgan fingerprint density at radius 1 is 1.33 bits per heavy atom. The number of aryl methyl sites for hydroxylation is 1. The van der Waals surface area contributed by atoms with Gasteiger partial charge in [0.1, 0.15) is 18.2 Å². The largest absolute Gasteiger partial charge is 0.484 e. The maximum atomic E-state index is 13.3. The van der Waals surface area contributed by atoms with Crippen molar-refractivity contribution >= 4 is 5.82 Å². The van der Waals surface area contributed by atoms with Crippen LogP contribution < -0.4 is 10.5 Å². The molecule has 2 N–H and O–H groups in total. The highest BCUT2D eigenvalue weighted by atomic mass is 19.1. The van der Waals surface area contributed by atoms with Crippen molar-refractivity contribution in [2.75, 3.05) is 5.73 Å². The molecule has 0 aliphatic carbocycles. The highest BCUT2D eigenvalue weighted by Crippen LogP contribution is 2.19. The van der Waals surface area contributed by atoms with Crippen LogP contribution in [0.3, 0.4) is 0 Å². The van der Waals surface area contributed by atoms with Gasteiger partial charge in [-0.1, -0.05) is 0 Å². The quantitative estimate of drug-likeness (QED) is 0.909. The molecule has 96 valence electrons. The molecule has 0 radical (unpaired) electrons. The standard InChI is InChI=1S/C12H13F2N3O/c1-2-17-9(6-12(15)16-17)7-18-11-4-3-8(13)5-10(11)14/h3-6H,2,7H2,1H3,(H2,15,16). The van der Waals surface area contributed by atoms with E-state index in [-0.39, 0.29) is 12.4 Å². The van der Waals surface area contributed by atoms with E-state index in [1.165, 1.54) is 6.07 Å². The van der Waals surface area contributed by atoms with E-state index in [4.69, 9.17) is 10.5 Å². The van der Waals surface area contributed by atoms with Crippen LogP contribution in [0.5, 0.6) is 5.75 Å².